The van der Waals surface area contributed by atoms with E-state index in [4.69, 9.17) is 4.42 Å². The van der Waals surface area contributed by atoms with Crippen molar-refractivity contribution in [3.63, 3.8) is 0 Å². The van der Waals surface area contributed by atoms with Crippen molar-refractivity contribution in [2.45, 2.75) is 65.2 Å². The number of rotatable bonds is 6. The van der Waals surface area contributed by atoms with E-state index in [2.05, 4.69) is 130 Å². The summed E-state index contributed by atoms with van der Waals surface area (Å²) in [5, 5.41) is 4.41. The molecule has 0 N–H and O–H groups in total. The van der Waals surface area contributed by atoms with Gasteiger partial charge in [0, 0.05) is 50.3 Å². The van der Waals surface area contributed by atoms with Gasteiger partial charge in [0.25, 0.3) is 6.71 Å². The Balaban J connectivity index is 1.39. The van der Waals surface area contributed by atoms with Crippen LogP contribution in [0, 0.1) is 11.6 Å². The van der Waals surface area contributed by atoms with E-state index in [9.17, 15) is 8.78 Å². The molecule has 2 aliphatic heterocycles. The molecular weight excluding hydrogens is 693 g/mol. The molecule has 0 atom stereocenters. The molecule has 3 heterocycles. The molecule has 0 fully saturated rings. The maximum absolute atomic E-state index is 14.7. The summed E-state index contributed by atoms with van der Waals surface area (Å²) in [5.74, 6) is -0.557. The first kappa shape index (κ1) is 34.6. The van der Waals surface area contributed by atoms with Gasteiger partial charge in [-0.05, 0) is 135 Å². The van der Waals surface area contributed by atoms with Crippen molar-refractivity contribution in [1.82, 2.24) is 0 Å². The predicted molar refractivity (Wildman–Crippen MR) is 232 cm³/mol. The normalized spacial score (nSPS) is 13.8. The fraction of sp³-hybridized carbons (Fsp3) is 0.200. The third-order valence-corrected chi connectivity index (χ3v) is 13.1. The highest BCUT2D eigenvalue weighted by molar-refractivity contribution is 7.02. The first-order valence-electron chi connectivity index (χ1n) is 19.8. The molecule has 0 amide bonds. The van der Waals surface area contributed by atoms with Gasteiger partial charge in [0.05, 0.1) is 0 Å². The Morgan fingerprint density at radius 1 is 0.554 bits per heavy atom. The Bertz CT molecular complexity index is 2870. The van der Waals surface area contributed by atoms with Crippen LogP contribution in [0.1, 0.15) is 65.5 Å². The van der Waals surface area contributed by atoms with E-state index in [0.717, 1.165) is 96.1 Å². The SMILES string of the molecule is CCC(C)(C)c1cc2c3c(c1)N(c1ccc(F)cc1)c1c(ccc4ccccc14)B3c1c(ccc3oc4cc(C(C)(C)CC)ccc4c13)N2c1ccc(F)cc1. The minimum Gasteiger partial charge on any atom is -0.456 e. The van der Waals surface area contributed by atoms with Crippen molar-refractivity contribution in [3.8, 4) is 0 Å². The molecule has 3 nitrogen and oxygen atoms in total. The molecule has 2 aliphatic rings. The zero-order valence-electron chi connectivity index (χ0n) is 32.7. The second-order valence-electron chi connectivity index (χ2n) is 16.9. The van der Waals surface area contributed by atoms with Crippen molar-refractivity contribution >= 4 is 89.9 Å². The molecule has 0 saturated heterocycles. The van der Waals surface area contributed by atoms with Crippen molar-refractivity contribution in [2.24, 2.45) is 0 Å². The summed E-state index contributed by atoms with van der Waals surface area (Å²) in [7, 11) is 0. The zero-order chi connectivity index (χ0) is 38.7. The summed E-state index contributed by atoms with van der Waals surface area (Å²) < 4.78 is 36.2. The van der Waals surface area contributed by atoms with Gasteiger partial charge in [0.2, 0.25) is 0 Å². The molecular formula is C50H43BF2N2O. The lowest BCUT2D eigenvalue weighted by Gasteiger charge is -2.45. The number of nitrogens with zero attached hydrogens (tertiary/aromatic N) is 2. The zero-order valence-corrected chi connectivity index (χ0v) is 32.7. The summed E-state index contributed by atoms with van der Waals surface area (Å²) in [4.78, 5) is 4.67. The second-order valence-corrected chi connectivity index (χ2v) is 16.9. The fourth-order valence-electron chi connectivity index (χ4n) is 9.07. The van der Waals surface area contributed by atoms with Crippen molar-refractivity contribution in [2.75, 3.05) is 9.80 Å². The standard InChI is InChI=1S/C50H43BF2N2O/c1-7-49(3,4)31-14-23-38-44(29-31)56-43-26-25-40-47(45(38)43)51-39-24-13-30-11-9-10-12-37(30)48(39)55(36-21-17-34(53)18-22-36)42-28-32(50(5,6)8-2)27-41(46(42)51)54(40)35-19-15-33(52)16-20-35/h9-29H,7-8H2,1-6H3. The van der Waals surface area contributed by atoms with E-state index in [1.807, 2.05) is 24.3 Å². The lowest BCUT2D eigenvalue weighted by Crippen LogP contribution is -2.61. The molecule has 0 spiro atoms. The summed E-state index contributed by atoms with van der Waals surface area (Å²) in [5.41, 5.74) is 13.4. The van der Waals surface area contributed by atoms with E-state index in [1.165, 1.54) is 11.1 Å². The lowest BCUT2D eigenvalue weighted by atomic mass is 9.32. The Morgan fingerprint density at radius 2 is 1.18 bits per heavy atom. The molecule has 0 saturated carbocycles. The summed E-state index contributed by atoms with van der Waals surface area (Å²) in [6, 6.07) is 42.5. The maximum Gasteiger partial charge on any atom is 0.253 e. The van der Waals surface area contributed by atoms with Crippen LogP contribution >= 0.6 is 0 Å². The van der Waals surface area contributed by atoms with Gasteiger partial charge in [0.1, 0.15) is 22.8 Å². The first-order chi connectivity index (χ1) is 27.0. The Labute approximate surface area is 327 Å². The van der Waals surface area contributed by atoms with Gasteiger partial charge in [-0.2, -0.15) is 0 Å². The van der Waals surface area contributed by atoms with Crippen LogP contribution < -0.4 is 26.2 Å². The van der Waals surface area contributed by atoms with E-state index in [0.29, 0.717) is 0 Å². The smallest absolute Gasteiger partial charge is 0.253 e. The van der Waals surface area contributed by atoms with Gasteiger partial charge in [-0.25, -0.2) is 8.78 Å². The van der Waals surface area contributed by atoms with Crippen LogP contribution in [-0.2, 0) is 10.8 Å². The van der Waals surface area contributed by atoms with Gasteiger partial charge < -0.3 is 14.2 Å². The van der Waals surface area contributed by atoms with Crippen LogP contribution in [-0.4, -0.2) is 6.71 Å². The monoisotopic (exact) mass is 736 g/mol. The van der Waals surface area contributed by atoms with Crippen LogP contribution in [0.2, 0.25) is 0 Å². The van der Waals surface area contributed by atoms with Crippen LogP contribution in [0.4, 0.5) is 42.9 Å². The molecule has 276 valence electrons. The van der Waals surface area contributed by atoms with Crippen LogP contribution in [0.15, 0.2) is 132 Å². The molecule has 0 bridgehead atoms. The second kappa shape index (κ2) is 12.3. The van der Waals surface area contributed by atoms with Crippen molar-refractivity contribution in [1.29, 1.82) is 0 Å². The molecule has 56 heavy (non-hydrogen) atoms. The van der Waals surface area contributed by atoms with Crippen LogP contribution in [0.25, 0.3) is 32.7 Å². The van der Waals surface area contributed by atoms with E-state index < -0.39 is 0 Å². The van der Waals surface area contributed by atoms with Crippen molar-refractivity contribution < 1.29 is 13.2 Å². The van der Waals surface area contributed by atoms with Gasteiger partial charge in [0.15, 0.2) is 0 Å². The number of benzene rings is 7. The van der Waals surface area contributed by atoms with Crippen LogP contribution in [0.5, 0.6) is 0 Å². The van der Waals surface area contributed by atoms with Gasteiger partial charge in [-0.1, -0.05) is 90.1 Å². The summed E-state index contributed by atoms with van der Waals surface area (Å²) in [6.45, 7) is 13.4. The van der Waals surface area contributed by atoms with Crippen molar-refractivity contribution in [3.05, 3.63) is 150 Å². The summed E-state index contributed by atoms with van der Waals surface area (Å²) in [6.07, 6.45) is 1.94. The molecule has 7 aromatic carbocycles. The quantitative estimate of drug-likeness (QED) is 0.159. The predicted octanol–water partition coefficient (Wildman–Crippen LogP) is 12.5. The fourth-order valence-corrected chi connectivity index (χ4v) is 9.07. The van der Waals surface area contributed by atoms with E-state index in [1.54, 1.807) is 24.3 Å². The molecule has 8 aromatic rings. The Kier molecular flexibility index (Phi) is 7.61. The molecule has 0 aliphatic carbocycles. The highest BCUT2D eigenvalue weighted by Crippen LogP contribution is 2.49. The molecule has 6 heteroatoms. The van der Waals surface area contributed by atoms with E-state index >= 15 is 0 Å². The number of hydrogen-bond acceptors (Lipinski definition) is 3. The number of fused-ring (bicyclic) bond motifs is 10. The third-order valence-electron chi connectivity index (χ3n) is 13.1. The molecule has 0 unspecified atom stereocenters. The average Bonchev–Trinajstić information content (AvgIpc) is 3.59. The Morgan fingerprint density at radius 3 is 1.86 bits per heavy atom. The maximum atomic E-state index is 14.7. The third kappa shape index (κ3) is 5.01. The minimum absolute atomic E-state index is 0.00301. The number of halogens is 2. The highest BCUT2D eigenvalue weighted by Gasteiger charge is 2.46. The molecule has 1 aromatic heterocycles. The van der Waals surface area contributed by atoms with Gasteiger partial charge in [-0.15, -0.1) is 0 Å². The number of anilines is 6. The van der Waals surface area contributed by atoms with E-state index in [-0.39, 0.29) is 29.2 Å². The first-order valence-corrected chi connectivity index (χ1v) is 19.8. The molecule has 0 radical (unpaired) electrons. The van der Waals surface area contributed by atoms with Crippen LogP contribution in [0.3, 0.4) is 0 Å². The van der Waals surface area contributed by atoms with Gasteiger partial charge in [-0.3, -0.25) is 0 Å². The number of furan rings is 1. The highest BCUT2D eigenvalue weighted by atomic mass is 19.1. The number of hydrogen-bond donors (Lipinski definition) is 0. The summed E-state index contributed by atoms with van der Waals surface area (Å²) >= 11 is 0. The lowest BCUT2D eigenvalue weighted by molar-refractivity contribution is 0.505. The largest absolute Gasteiger partial charge is 0.456 e. The average molecular weight is 737 g/mol. The Hall–Kier alpha value is -5.88. The molecule has 10 rings (SSSR count). The topological polar surface area (TPSA) is 19.6 Å². The minimum atomic E-state index is -0.280. The van der Waals surface area contributed by atoms with Gasteiger partial charge >= 0.3 is 0 Å².